The van der Waals surface area contributed by atoms with Gasteiger partial charge in [0.25, 0.3) is 0 Å². The van der Waals surface area contributed by atoms with Crippen molar-refractivity contribution in [3.63, 3.8) is 0 Å². The lowest BCUT2D eigenvalue weighted by molar-refractivity contribution is 0.0351. The minimum atomic E-state index is -0.591. The molecule has 184 valence electrons. The third-order valence-electron chi connectivity index (χ3n) is 6.37. The molecule has 1 aliphatic rings. The highest BCUT2D eigenvalue weighted by Crippen LogP contribution is 2.33. The molecule has 0 unspecified atom stereocenters. The Labute approximate surface area is 201 Å². The highest BCUT2D eigenvalue weighted by molar-refractivity contribution is 6.12. The first-order chi connectivity index (χ1) is 16.2. The molecule has 2 aromatic rings. The van der Waals surface area contributed by atoms with E-state index in [0.29, 0.717) is 23.6 Å². The van der Waals surface area contributed by atoms with Gasteiger partial charge in [-0.3, -0.25) is 5.41 Å². The maximum atomic E-state index is 11.7. The molecule has 2 amide bonds. The van der Waals surface area contributed by atoms with Crippen molar-refractivity contribution in [3.05, 3.63) is 53.1 Å². The van der Waals surface area contributed by atoms with E-state index in [1.807, 2.05) is 50.2 Å². The average Bonchev–Trinajstić information content (AvgIpc) is 2.83. The molecule has 0 bridgehead atoms. The molecule has 1 fully saturated rings. The zero-order valence-corrected chi connectivity index (χ0v) is 20.7. The molecular weight excluding hydrogens is 432 g/mol. The van der Waals surface area contributed by atoms with Gasteiger partial charge in [-0.15, -0.1) is 0 Å². The van der Waals surface area contributed by atoms with E-state index in [1.54, 1.807) is 21.3 Å². The molecule has 0 aromatic heterocycles. The first-order valence-electron chi connectivity index (χ1n) is 11.6. The Morgan fingerprint density at radius 2 is 1.74 bits per heavy atom. The summed E-state index contributed by atoms with van der Waals surface area (Å²) in [7, 11) is 4.73. The van der Waals surface area contributed by atoms with Gasteiger partial charge in [-0.05, 0) is 62.9 Å². The number of nitrogens with zero attached hydrogens (tertiary/aromatic N) is 1. The van der Waals surface area contributed by atoms with Crippen LogP contribution in [0.2, 0.25) is 0 Å². The van der Waals surface area contributed by atoms with E-state index in [4.69, 9.17) is 14.9 Å². The molecule has 1 heterocycles. The largest absolute Gasteiger partial charge is 0.493 e. The predicted molar refractivity (Wildman–Crippen MR) is 135 cm³/mol. The quantitative estimate of drug-likeness (QED) is 0.445. The molecule has 1 aliphatic heterocycles. The molecule has 1 atom stereocenters. The van der Waals surface area contributed by atoms with Crippen molar-refractivity contribution >= 4 is 17.4 Å². The van der Waals surface area contributed by atoms with E-state index in [-0.39, 0.29) is 12.1 Å². The molecule has 0 spiro atoms. The number of carbonyl (C=O) groups excluding carboxylic acids is 1. The summed E-state index contributed by atoms with van der Waals surface area (Å²) < 4.78 is 11.0. The number of aliphatic hydroxyl groups is 1. The molecule has 1 saturated heterocycles. The Morgan fingerprint density at radius 3 is 2.29 bits per heavy atom. The predicted octanol–water partition coefficient (Wildman–Crippen LogP) is 3.33. The van der Waals surface area contributed by atoms with Gasteiger partial charge < -0.3 is 30.1 Å². The summed E-state index contributed by atoms with van der Waals surface area (Å²) >= 11 is 0. The van der Waals surface area contributed by atoms with E-state index < -0.39 is 5.60 Å². The van der Waals surface area contributed by atoms with Gasteiger partial charge in [-0.2, -0.15) is 0 Å². The molecule has 2 aromatic carbocycles. The van der Waals surface area contributed by atoms with Gasteiger partial charge in [-0.25, -0.2) is 4.79 Å². The second-order valence-corrected chi connectivity index (χ2v) is 9.10. The van der Waals surface area contributed by atoms with Gasteiger partial charge in [0, 0.05) is 43.0 Å². The molecule has 34 heavy (non-hydrogen) atoms. The number of ether oxygens (including phenoxy) is 2. The normalized spacial score (nSPS) is 15.9. The SMILES string of the molecule is CNC(=O)N[C@H](C)Cc1cc(OC)c(OC)cc1C(=N)c1ccc(N2CCC(C)(O)CC2)cc1. The number of benzene rings is 2. The zero-order chi connectivity index (χ0) is 24.9. The third-order valence-corrected chi connectivity index (χ3v) is 6.37. The molecule has 0 saturated carbocycles. The minimum absolute atomic E-state index is 0.150. The van der Waals surface area contributed by atoms with Crippen LogP contribution in [-0.4, -0.2) is 62.8 Å². The van der Waals surface area contributed by atoms with Crippen molar-refractivity contribution in [2.45, 2.75) is 44.8 Å². The maximum absolute atomic E-state index is 11.7. The van der Waals surface area contributed by atoms with Crippen LogP contribution in [0.3, 0.4) is 0 Å². The molecule has 4 N–H and O–H groups in total. The number of rotatable bonds is 8. The second-order valence-electron chi connectivity index (χ2n) is 9.10. The third kappa shape index (κ3) is 5.99. The maximum Gasteiger partial charge on any atom is 0.314 e. The summed E-state index contributed by atoms with van der Waals surface area (Å²) in [6, 6.07) is 11.3. The van der Waals surface area contributed by atoms with Gasteiger partial charge in [0.2, 0.25) is 0 Å². The lowest BCUT2D eigenvalue weighted by Gasteiger charge is -2.37. The Morgan fingerprint density at radius 1 is 1.15 bits per heavy atom. The standard InChI is InChI=1S/C26H36N4O4/c1-17(29-25(31)28-3)14-19-15-22(33-4)23(34-5)16-21(19)24(27)18-6-8-20(9-7-18)30-12-10-26(2,32)11-13-30/h6-9,15-17,27,32H,10-14H2,1-5H3,(H2,28,29,31)/t17-/m1/s1. The lowest BCUT2D eigenvalue weighted by Crippen LogP contribution is -2.42. The minimum Gasteiger partial charge on any atom is -0.493 e. The van der Waals surface area contributed by atoms with Gasteiger partial charge in [-0.1, -0.05) is 12.1 Å². The zero-order valence-electron chi connectivity index (χ0n) is 20.7. The van der Waals surface area contributed by atoms with Gasteiger partial charge >= 0.3 is 6.03 Å². The van der Waals surface area contributed by atoms with Crippen LogP contribution >= 0.6 is 0 Å². The van der Waals surface area contributed by atoms with Crippen molar-refractivity contribution < 1.29 is 19.4 Å². The lowest BCUT2D eigenvalue weighted by atomic mass is 9.92. The molecule has 0 aliphatic carbocycles. The molecule has 8 nitrogen and oxygen atoms in total. The number of carbonyl (C=O) groups is 1. The molecule has 3 rings (SSSR count). The number of amides is 2. The van der Waals surface area contributed by atoms with Crippen LogP contribution in [0, 0.1) is 5.41 Å². The average molecular weight is 469 g/mol. The Bertz CT molecular complexity index is 1010. The monoisotopic (exact) mass is 468 g/mol. The van der Waals surface area contributed by atoms with Crippen LogP contribution in [0.25, 0.3) is 0 Å². The van der Waals surface area contributed by atoms with E-state index >= 15 is 0 Å². The summed E-state index contributed by atoms with van der Waals surface area (Å²) in [5, 5.41) is 24.6. The fourth-order valence-electron chi connectivity index (χ4n) is 4.24. The van der Waals surface area contributed by atoms with E-state index in [0.717, 1.165) is 48.3 Å². The van der Waals surface area contributed by atoms with Crippen molar-refractivity contribution in [1.29, 1.82) is 5.41 Å². The van der Waals surface area contributed by atoms with Crippen LogP contribution in [-0.2, 0) is 6.42 Å². The Hall–Kier alpha value is -3.26. The van der Waals surface area contributed by atoms with Crippen LogP contribution in [0.1, 0.15) is 43.4 Å². The van der Waals surface area contributed by atoms with E-state index in [9.17, 15) is 9.90 Å². The van der Waals surface area contributed by atoms with Gasteiger partial charge in [0.1, 0.15) is 0 Å². The second kappa shape index (κ2) is 10.8. The number of piperidine rings is 1. The molecule has 0 radical (unpaired) electrons. The summed E-state index contributed by atoms with van der Waals surface area (Å²) in [5.41, 5.74) is 3.26. The first-order valence-corrected chi connectivity index (χ1v) is 11.6. The van der Waals surface area contributed by atoms with Crippen LogP contribution in [0.5, 0.6) is 11.5 Å². The topological polar surface area (TPSA) is 107 Å². The molecular formula is C26H36N4O4. The summed E-state index contributed by atoms with van der Waals surface area (Å²) in [5.74, 6) is 1.13. The van der Waals surface area contributed by atoms with Crippen LogP contribution < -0.4 is 25.0 Å². The number of hydrogen-bond acceptors (Lipinski definition) is 6. The smallest absolute Gasteiger partial charge is 0.314 e. The van der Waals surface area contributed by atoms with Gasteiger partial charge in [0.05, 0.1) is 25.5 Å². The first kappa shape index (κ1) is 25.4. The summed E-state index contributed by atoms with van der Waals surface area (Å²) in [6.07, 6.45) is 2.00. The van der Waals surface area contributed by atoms with E-state index in [1.165, 1.54) is 0 Å². The number of urea groups is 1. The Kier molecular flexibility index (Phi) is 8.04. The van der Waals surface area contributed by atoms with Crippen LogP contribution in [0.4, 0.5) is 10.5 Å². The Balaban J connectivity index is 1.86. The highest BCUT2D eigenvalue weighted by atomic mass is 16.5. The number of methoxy groups -OCH3 is 2. The fraction of sp³-hybridized carbons (Fsp3) is 0.462. The molecule has 8 heteroatoms. The van der Waals surface area contributed by atoms with Crippen molar-refractivity contribution in [2.24, 2.45) is 0 Å². The highest BCUT2D eigenvalue weighted by Gasteiger charge is 2.27. The van der Waals surface area contributed by atoms with Crippen molar-refractivity contribution in [1.82, 2.24) is 10.6 Å². The summed E-state index contributed by atoms with van der Waals surface area (Å²) in [6.45, 7) is 5.42. The summed E-state index contributed by atoms with van der Waals surface area (Å²) in [4.78, 5) is 14.0. The van der Waals surface area contributed by atoms with E-state index in [2.05, 4.69) is 15.5 Å². The van der Waals surface area contributed by atoms with Gasteiger partial charge in [0.15, 0.2) is 11.5 Å². The number of hydrogen-bond donors (Lipinski definition) is 4. The fourth-order valence-corrected chi connectivity index (χ4v) is 4.24. The number of nitrogens with one attached hydrogen (secondary N) is 3. The van der Waals surface area contributed by atoms with Crippen LogP contribution in [0.15, 0.2) is 36.4 Å². The van der Waals surface area contributed by atoms with Crippen molar-refractivity contribution in [2.75, 3.05) is 39.3 Å². The number of anilines is 1. The van der Waals surface area contributed by atoms with Crippen molar-refractivity contribution in [3.8, 4) is 11.5 Å².